The summed E-state index contributed by atoms with van der Waals surface area (Å²) in [5.41, 5.74) is 2.53. The summed E-state index contributed by atoms with van der Waals surface area (Å²) in [7, 11) is 0. The monoisotopic (exact) mass is 561 g/mol. The Hall–Kier alpha value is -5.97. The molecule has 42 heavy (non-hydrogen) atoms. The van der Waals surface area contributed by atoms with Crippen molar-refractivity contribution in [2.24, 2.45) is 0 Å². The molecule has 4 N–H and O–H groups in total. The van der Waals surface area contributed by atoms with Gasteiger partial charge in [-0.25, -0.2) is 18.9 Å². The lowest BCUT2D eigenvalue weighted by Gasteiger charge is -2.14. The van der Waals surface area contributed by atoms with Gasteiger partial charge in [0.2, 0.25) is 17.7 Å². The van der Waals surface area contributed by atoms with Crippen molar-refractivity contribution in [1.82, 2.24) is 19.7 Å². The molecular weight excluding hydrogens is 537 g/mol. The zero-order valence-corrected chi connectivity index (χ0v) is 22.2. The number of ether oxygens (including phenoxy) is 1. The number of para-hydroxylation sites is 1. The van der Waals surface area contributed by atoms with Crippen molar-refractivity contribution in [3.63, 3.8) is 0 Å². The van der Waals surface area contributed by atoms with Crippen LogP contribution in [0, 0.1) is 12.7 Å². The first kappa shape index (κ1) is 26.3. The lowest BCUT2D eigenvalue weighted by Crippen LogP contribution is -2.21. The third kappa shape index (κ3) is 5.65. The summed E-state index contributed by atoms with van der Waals surface area (Å²) < 4.78 is 21.6. The molecule has 11 heteroatoms. The van der Waals surface area contributed by atoms with Gasteiger partial charge in [-0.1, -0.05) is 54.1 Å². The van der Waals surface area contributed by atoms with Crippen molar-refractivity contribution in [3.05, 3.63) is 115 Å². The fourth-order valence-corrected chi connectivity index (χ4v) is 4.33. The third-order valence-electron chi connectivity index (χ3n) is 6.31. The van der Waals surface area contributed by atoms with Gasteiger partial charge in [0.1, 0.15) is 17.4 Å². The maximum absolute atomic E-state index is 14.1. The molecule has 0 aliphatic rings. The second-order valence-corrected chi connectivity index (χ2v) is 9.30. The molecule has 6 aromatic rings. The topological polar surface area (TPSA) is 126 Å². The van der Waals surface area contributed by atoms with Crippen molar-refractivity contribution in [2.45, 2.75) is 6.92 Å². The van der Waals surface area contributed by atoms with E-state index in [-0.39, 0.29) is 23.4 Å². The number of anilines is 4. The smallest absolute Gasteiger partial charge is 0.324 e. The largest absolute Gasteiger partial charge is 0.492 e. The summed E-state index contributed by atoms with van der Waals surface area (Å²) in [6.07, 6.45) is 1.51. The van der Waals surface area contributed by atoms with E-state index in [4.69, 9.17) is 4.74 Å². The number of carbonyl (C=O) groups excluding carboxylic acids is 1. The fraction of sp³-hybridized carbons (Fsp3) is 0.0323. The number of fused-ring (bicyclic) bond motifs is 1. The van der Waals surface area contributed by atoms with Crippen molar-refractivity contribution in [1.29, 1.82) is 0 Å². The van der Waals surface area contributed by atoms with Crippen LogP contribution in [-0.2, 0) is 0 Å². The summed E-state index contributed by atoms with van der Waals surface area (Å²) in [6, 6.07) is 27.0. The number of hydrogen-bond donors (Lipinski definition) is 4. The van der Waals surface area contributed by atoms with Crippen molar-refractivity contribution >= 4 is 39.9 Å². The highest BCUT2D eigenvalue weighted by atomic mass is 19.1. The number of nitrogens with zero attached hydrogens (tertiary/aromatic N) is 4. The molecule has 208 valence electrons. The minimum atomic E-state index is -0.526. The van der Waals surface area contributed by atoms with Gasteiger partial charge < -0.3 is 20.5 Å². The average molecular weight is 562 g/mol. The normalized spacial score (nSPS) is 10.8. The molecule has 4 aromatic carbocycles. The Morgan fingerprint density at radius 2 is 1.64 bits per heavy atom. The number of carbonyl (C=O) groups is 1. The summed E-state index contributed by atoms with van der Waals surface area (Å²) in [5, 5.41) is 24.0. The second-order valence-electron chi connectivity index (χ2n) is 9.30. The van der Waals surface area contributed by atoms with Crippen LogP contribution < -0.4 is 20.7 Å². The quantitative estimate of drug-likeness (QED) is 0.163. The Morgan fingerprint density at radius 3 is 2.45 bits per heavy atom. The fourth-order valence-electron chi connectivity index (χ4n) is 4.33. The predicted octanol–water partition coefficient (Wildman–Crippen LogP) is 7.15. The van der Waals surface area contributed by atoms with Crippen LogP contribution in [0.1, 0.15) is 5.56 Å². The van der Waals surface area contributed by atoms with Gasteiger partial charge in [0, 0.05) is 29.1 Å². The van der Waals surface area contributed by atoms with Crippen molar-refractivity contribution < 1.29 is 19.0 Å². The molecule has 0 atom stereocenters. The van der Waals surface area contributed by atoms with Gasteiger partial charge in [0.05, 0.1) is 17.1 Å². The van der Waals surface area contributed by atoms with Crippen LogP contribution in [0.5, 0.6) is 17.5 Å². The van der Waals surface area contributed by atoms with Crippen LogP contribution in [0.3, 0.4) is 0 Å². The molecule has 0 aliphatic carbocycles. The molecule has 0 spiro atoms. The van der Waals surface area contributed by atoms with Crippen LogP contribution in [0.25, 0.3) is 16.5 Å². The first-order valence-electron chi connectivity index (χ1n) is 12.9. The standard InChI is InChI=1S/C31H24FN7O3/c1-19-10-12-20(13-11-19)39-27(18-28(40)38-39)36-31(41)35-24-14-15-26(22-7-3-2-6-21(22)24)42-29-16-17-33-30(37-29)34-25-9-5-4-8-23(25)32/h2-18H,1H3,(H,38,40)(H,33,34,37)(H2,35,36,41). The molecule has 2 heterocycles. The molecule has 2 amide bonds. The molecule has 0 radical (unpaired) electrons. The van der Waals surface area contributed by atoms with E-state index in [0.717, 1.165) is 16.3 Å². The van der Waals surface area contributed by atoms with E-state index >= 15 is 0 Å². The SMILES string of the molecule is Cc1ccc(-n2nc(O)cc2NC(=O)Nc2ccc(Oc3ccnc(Nc4ccccc4F)n3)c3ccccc23)cc1. The van der Waals surface area contributed by atoms with Gasteiger partial charge in [-0.3, -0.25) is 5.32 Å². The second kappa shape index (κ2) is 11.3. The molecular formula is C31H24FN7O3. The zero-order valence-electron chi connectivity index (χ0n) is 22.2. The van der Waals surface area contributed by atoms with Crippen LogP contribution >= 0.6 is 0 Å². The van der Waals surface area contributed by atoms with E-state index in [2.05, 4.69) is 31.0 Å². The summed E-state index contributed by atoms with van der Waals surface area (Å²) >= 11 is 0. The number of aromatic hydroxyl groups is 1. The van der Waals surface area contributed by atoms with Gasteiger partial charge >= 0.3 is 6.03 Å². The van der Waals surface area contributed by atoms with Gasteiger partial charge in [-0.15, -0.1) is 5.10 Å². The summed E-state index contributed by atoms with van der Waals surface area (Å²) in [4.78, 5) is 21.5. The lowest BCUT2D eigenvalue weighted by molar-refractivity contribution is 0.262. The Labute approximate surface area is 239 Å². The van der Waals surface area contributed by atoms with E-state index in [9.17, 15) is 14.3 Å². The number of amides is 2. The molecule has 0 saturated heterocycles. The molecule has 2 aromatic heterocycles. The van der Waals surface area contributed by atoms with Crippen LogP contribution in [0.15, 0.2) is 103 Å². The van der Waals surface area contributed by atoms with E-state index < -0.39 is 11.8 Å². The molecule has 0 fully saturated rings. The Balaban J connectivity index is 1.22. The van der Waals surface area contributed by atoms with E-state index in [1.807, 2.05) is 55.5 Å². The number of nitrogens with one attached hydrogen (secondary N) is 3. The molecule has 6 rings (SSSR count). The highest BCUT2D eigenvalue weighted by Crippen LogP contribution is 2.34. The molecule has 10 nitrogen and oxygen atoms in total. The van der Waals surface area contributed by atoms with Crippen LogP contribution in [0.4, 0.5) is 32.3 Å². The Kier molecular flexibility index (Phi) is 7.04. The minimum Gasteiger partial charge on any atom is -0.492 e. The van der Waals surface area contributed by atoms with E-state index in [1.54, 1.807) is 36.4 Å². The third-order valence-corrected chi connectivity index (χ3v) is 6.31. The van der Waals surface area contributed by atoms with Gasteiger partial charge in [-0.05, 0) is 43.3 Å². The van der Waals surface area contributed by atoms with Crippen molar-refractivity contribution in [3.8, 4) is 23.2 Å². The molecule has 0 saturated carbocycles. The summed E-state index contributed by atoms with van der Waals surface area (Å²) in [6.45, 7) is 1.97. The number of benzene rings is 4. The zero-order chi connectivity index (χ0) is 29.1. The van der Waals surface area contributed by atoms with Crippen LogP contribution in [0.2, 0.25) is 0 Å². The molecule has 0 aliphatic heterocycles. The molecule has 0 bridgehead atoms. The van der Waals surface area contributed by atoms with E-state index in [0.29, 0.717) is 22.9 Å². The number of halogens is 1. The van der Waals surface area contributed by atoms with Crippen LogP contribution in [-0.4, -0.2) is 30.9 Å². The molecule has 0 unspecified atom stereocenters. The maximum atomic E-state index is 14.1. The number of aromatic nitrogens is 4. The summed E-state index contributed by atoms with van der Waals surface area (Å²) in [5.74, 6) is 0.553. The average Bonchev–Trinajstić information content (AvgIpc) is 3.35. The minimum absolute atomic E-state index is 0.174. The Bertz CT molecular complexity index is 1910. The van der Waals surface area contributed by atoms with E-state index in [1.165, 1.54) is 23.0 Å². The predicted molar refractivity (Wildman–Crippen MR) is 158 cm³/mol. The highest BCUT2D eigenvalue weighted by molar-refractivity contribution is 6.07. The first-order valence-corrected chi connectivity index (χ1v) is 12.9. The lowest BCUT2D eigenvalue weighted by atomic mass is 10.1. The maximum Gasteiger partial charge on any atom is 0.324 e. The number of aryl methyl sites for hydroxylation is 1. The van der Waals surface area contributed by atoms with Gasteiger partial charge in [0.15, 0.2) is 0 Å². The van der Waals surface area contributed by atoms with Gasteiger partial charge in [0.25, 0.3) is 0 Å². The Morgan fingerprint density at radius 1 is 0.881 bits per heavy atom. The highest BCUT2D eigenvalue weighted by Gasteiger charge is 2.15. The van der Waals surface area contributed by atoms with Crippen molar-refractivity contribution in [2.75, 3.05) is 16.0 Å². The van der Waals surface area contributed by atoms with Gasteiger partial charge in [-0.2, -0.15) is 4.98 Å². The number of urea groups is 1. The number of hydrogen-bond acceptors (Lipinski definition) is 7. The number of rotatable bonds is 7. The first-order chi connectivity index (χ1) is 20.4.